The summed E-state index contributed by atoms with van der Waals surface area (Å²) in [6.07, 6.45) is 0. The van der Waals surface area contributed by atoms with Crippen LogP contribution in [0.2, 0.25) is 0 Å². The molecule has 1 aliphatic heterocycles. The molecule has 1 fully saturated rings. The van der Waals surface area contributed by atoms with Gasteiger partial charge in [-0.25, -0.2) is 8.42 Å². The Morgan fingerprint density at radius 2 is 1.56 bits per heavy atom. The molecule has 6 nitrogen and oxygen atoms in total. The molecule has 0 spiro atoms. The molecule has 0 atom stereocenters. The van der Waals surface area contributed by atoms with Crippen LogP contribution in [0.25, 0.3) is 0 Å². The van der Waals surface area contributed by atoms with E-state index >= 15 is 0 Å². The van der Waals surface area contributed by atoms with Crippen molar-refractivity contribution in [2.45, 2.75) is 18.7 Å². The average Bonchev–Trinajstić information content (AvgIpc) is 2.68. The van der Waals surface area contributed by atoms with Crippen LogP contribution in [0.1, 0.15) is 22.8 Å². The summed E-state index contributed by atoms with van der Waals surface area (Å²) in [7, 11) is -3.64. The predicted molar refractivity (Wildman–Crippen MR) is 106 cm³/mol. The van der Waals surface area contributed by atoms with E-state index in [2.05, 4.69) is 16.5 Å². The zero-order valence-corrected chi connectivity index (χ0v) is 16.5. The zero-order valence-electron chi connectivity index (χ0n) is 15.7. The summed E-state index contributed by atoms with van der Waals surface area (Å²) in [6.45, 7) is 8.23. The van der Waals surface area contributed by atoms with Crippen LogP contribution in [-0.4, -0.2) is 56.8 Å². The first kappa shape index (κ1) is 19.4. The number of likely N-dealkylation sites (N-methyl/N-ethyl adjacent to an activating group) is 1. The highest BCUT2D eigenvalue weighted by Crippen LogP contribution is 2.18. The molecule has 1 amide bonds. The molecule has 2 aromatic rings. The first-order chi connectivity index (χ1) is 12.9. The summed E-state index contributed by atoms with van der Waals surface area (Å²) in [5.74, 6) is -0.0151. The molecule has 0 radical (unpaired) electrons. The number of nitrogens with one attached hydrogen (secondary N) is 1. The molecule has 0 aromatic heterocycles. The second-order valence-corrected chi connectivity index (χ2v) is 8.40. The fraction of sp³-hybridized carbons (Fsp3) is 0.350. The van der Waals surface area contributed by atoms with E-state index in [1.807, 2.05) is 11.8 Å². The molecule has 3 rings (SSSR count). The summed E-state index contributed by atoms with van der Waals surface area (Å²) < 4.78 is 27.4. The third-order valence-electron chi connectivity index (χ3n) is 4.82. The molecule has 1 N–H and O–H groups in total. The van der Waals surface area contributed by atoms with E-state index in [0.717, 1.165) is 25.2 Å². The molecule has 27 heavy (non-hydrogen) atoms. The summed E-state index contributed by atoms with van der Waals surface area (Å²) in [5.41, 5.74) is 2.00. The standard InChI is InChI=1S/C20H25N3O3S/c1-3-22-12-14-23(15-13-22)20(24)17-6-8-18(9-7-17)21-27(25,26)19-10-4-16(2)5-11-19/h4-11,21H,3,12-15H2,1-2H3. The van der Waals surface area contributed by atoms with Crippen LogP contribution in [-0.2, 0) is 10.0 Å². The lowest BCUT2D eigenvalue weighted by Crippen LogP contribution is -2.48. The smallest absolute Gasteiger partial charge is 0.261 e. The molecule has 144 valence electrons. The van der Waals surface area contributed by atoms with Gasteiger partial charge in [0.05, 0.1) is 4.90 Å². The molecule has 1 heterocycles. The lowest BCUT2D eigenvalue weighted by molar-refractivity contribution is 0.0643. The van der Waals surface area contributed by atoms with Crippen molar-refractivity contribution in [2.24, 2.45) is 0 Å². The molecule has 1 saturated heterocycles. The topological polar surface area (TPSA) is 69.7 Å². The molecular weight excluding hydrogens is 362 g/mol. The maximum Gasteiger partial charge on any atom is 0.261 e. The average molecular weight is 388 g/mol. The molecular formula is C20H25N3O3S. The highest BCUT2D eigenvalue weighted by Gasteiger charge is 2.21. The largest absolute Gasteiger partial charge is 0.336 e. The Labute approximate surface area is 160 Å². The number of carbonyl (C=O) groups is 1. The Kier molecular flexibility index (Phi) is 5.82. The number of hydrogen-bond donors (Lipinski definition) is 1. The van der Waals surface area contributed by atoms with E-state index in [0.29, 0.717) is 24.3 Å². The molecule has 7 heteroatoms. The van der Waals surface area contributed by atoms with Gasteiger partial charge in [0.1, 0.15) is 0 Å². The number of rotatable bonds is 5. The van der Waals surface area contributed by atoms with Crippen LogP contribution in [0, 0.1) is 6.92 Å². The first-order valence-corrected chi connectivity index (χ1v) is 10.6. The van der Waals surface area contributed by atoms with Gasteiger partial charge in [-0.3, -0.25) is 9.52 Å². The van der Waals surface area contributed by atoms with Gasteiger partial charge >= 0.3 is 0 Å². The van der Waals surface area contributed by atoms with Crippen molar-refractivity contribution in [3.05, 3.63) is 59.7 Å². The van der Waals surface area contributed by atoms with Crippen LogP contribution in [0.5, 0.6) is 0 Å². The van der Waals surface area contributed by atoms with E-state index < -0.39 is 10.0 Å². The van der Waals surface area contributed by atoms with Gasteiger partial charge in [0, 0.05) is 37.4 Å². The molecule has 1 aliphatic rings. The number of nitrogens with zero attached hydrogens (tertiary/aromatic N) is 2. The van der Waals surface area contributed by atoms with E-state index in [-0.39, 0.29) is 10.8 Å². The number of piperazine rings is 1. The van der Waals surface area contributed by atoms with Gasteiger partial charge in [0.25, 0.3) is 15.9 Å². The minimum atomic E-state index is -3.64. The van der Waals surface area contributed by atoms with Crippen LogP contribution in [0.4, 0.5) is 5.69 Å². The minimum absolute atomic E-state index is 0.0151. The number of hydrogen-bond acceptors (Lipinski definition) is 4. The quantitative estimate of drug-likeness (QED) is 0.856. The highest BCUT2D eigenvalue weighted by atomic mass is 32.2. The third kappa shape index (κ3) is 4.67. The fourth-order valence-electron chi connectivity index (χ4n) is 3.06. The molecule has 0 saturated carbocycles. The Bertz CT molecular complexity index is 885. The summed E-state index contributed by atoms with van der Waals surface area (Å²) in [5, 5.41) is 0. The van der Waals surface area contributed by atoms with E-state index in [9.17, 15) is 13.2 Å². The van der Waals surface area contributed by atoms with Crippen LogP contribution in [0.15, 0.2) is 53.4 Å². The van der Waals surface area contributed by atoms with Crippen molar-refractivity contribution in [3.8, 4) is 0 Å². The van der Waals surface area contributed by atoms with Gasteiger partial charge in [-0.1, -0.05) is 24.6 Å². The normalized spacial score (nSPS) is 15.6. The Balaban J connectivity index is 1.66. The third-order valence-corrected chi connectivity index (χ3v) is 6.22. The summed E-state index contributed by atoms with van der Waals surface area (Å²) in [6, 6.07) is 13.3. The Morgan fingerprint density at radius 1 is 0.963 bits per heavy atom. The van der Waals surface area contributed by atoms with E-state index in [1.165, 1.54) is 0 Å². The van der Waals surface area contributed by atoms with Crippen molar-refractivity contribution in [2.75, 3.05) is 37.4 Å². The Morgan fingerprint density at radius 3 is 2.11 bits per heavy atom. The van der Waals surface area contributed by atoms with Gasteiger partial charge in [-0.15, -0.1) is 0 Å². The number of benzene rings is 2. The number of amides is 1. The Hall–Kier alpha value is -2.38. The second-order valence-electron chi connectivity index (χ2n) is 6.72. The SMILES string of the molecule is CCN1CCN(C(=O)c2ccc(NS(=O)(=O)c3ccc(C)cc3)cc2)CC1. The van der Waals surface area contributed by atoms with Crippen LogP contribution >= 0.6 is 0 Å². The summed E-state index contributed by atoms with van der Waals surface area (Å²) >= 11 is 0. The number of sulfonamides is 1. The summed E-state index contributed by atoms with van der Waals surface area (Å²) in [4.78, 5) is 17.0. The maximum atomic E-state index is 12.6. The van der Waals surface area contributed by atoms with Crippen molar-refractivity contribution < 1.29 is 13.2 Å². The minimum Gasteiger partial charge on any atom is -0.336 e. The highest BCUT2D eigenvalue weighted by molar-refractivity contribution is 7.92. The van der Waals surface area contributed by atoms with E-state index in [4.69, 9.17) is 0 Å². The zero-order chi connectivity index (χ0) is 19.4. The molecule has 0 aliphatic carbocycles. The van der Waals surface area contributed by atoms with Crippen molar-refractivity contribution >= 4 is 21.6 Å². The maximum absolute atomic E-state index is 12.6. The van der Waals surface area contributed by atoms with Gasteiger partial charge in [0.15, 0.2) is 0 Å². The fourth-order valence-corrected chi connectivity index (χ4v) is 4.12. The lowest BCUT2D eigenvalue weighted by atomic mass is 10.1. The molecule has 2 aromatic carbocycles. The van der Waals surface area contributed by atoms with Gasteiger partial charge in [-0.2, -0.15) is 0 Å². The van der Waals surface area contributed by atoms with Gasteiger partial charge in [-0.05, 0) is 49.9 Å². The van der Waals surface area contributed by atoms with Crippen molar-refractivity contribution in [1.29, 1.82) is 0 Å². The monoisotopic (exact) mass is 387 g/mol. The molecule has 0 unspecified atom stereocenters. The van der Waals surface area contributed by atoms with E-state index in [1.54, 1.807) is 48.5 Å². The van der Waals surface area contributed by atoms with Crippen LogP contribution in [0.3, 0.4) is 0 Å². The number of carbonyl (C=O) groups excluding carboxylic acids is 1. The first-order valence-electron chi connectivity index (χ1n) is 9.10. The van der Waals surface area contributed by atoms with Crippen molar-refractivity contribution in [1.82, 2.24) is 9.80 Å². The van der Waals surface area contributed by atoms with Gasteiger partial charge in [0.2, 0.25) is 0 Å². The number of aryl methyl sites for hydroxylation is 1. The number of anilines is 1. The lowest BCUT2D eigenvalue weighted by Gasteiger charge is -2.34. The van der Waals surface area contributed by atoms with Crippen molar-refractivity contribution in [3.63, 3.8) is 0 Å². The van der Waals surface area contributed by atoms with Gasteiger partial charge < -0.3 is 9.80 Å². The van der Waals surface area contributed by atoms with Crippen LogP contribution < -0.4 is 4.72 Å². The predicted octanol–water partition coefficient (Wildman–Crippen LogP) is 2.57. The molecule has 0 bridgehead atoms. The second kappa shape index (κ2) is 8.10.